The van der Waals surface area contributed by atoms with E-state index in [9.17, 15) is 39.1 Å². The number of esters is 1. The highest BCUT2D eigenvalue weighted by Gasteiger charge is 2.46. The first-order chi connectivity index (χ1) is 21.6. The van der Waals surface area contributed by atoms with E-state index in [-0.39, 0.29) is 36.9 Å². The number of hydroxylamine groups is 2. The third-order valence-corrected chi connectivity index (χ3v) is 8.56. The van der Waals surface area contributed by atoms with Crippen LogP contribution in [0.2, 0.25) is 0 Å². The second-order valence-corrected chi connectivity index (χ2v) is 12.2. The van der Waals surface area contributed by atoms with Gasteiger partial charge in [-0.05, 0) is 45.4 Å². The van der Waals surface area contributed by atoms with E-state index >= 15 is 0 Å². The van der Waals surface area contributed by atoms with Gasteiger partial charge in [-0.25, -0.2) is 20.7 Å². The van der Waals surface area contributed by atoms with Gasteiger partial charge in [-0.3, -0.25) is 39.2 Å². The molecule has 3 saturated heterocycles. The molecule has 47 heavy (non-hydrogen) atoms. The number of rotatable bonds is 4. The molecule has 5 amide bonds. The fraction of sp³-hybridized carbons (Fsp3) is 0.786. The fourth-order valence-corrected chi connectivity index (χ4v) is 5.68. The maximum Gasteiger partial charge on any atom is 0.331 e. The molecule has 3 heterocycles. The fourth-order valence-electron chi connectivity index (χ4n) is 5.68. The van der Waals surface area contributed by atoms with Crippen LogP contribution in [0.25, 0.3) is 0 Å². The molecular weight excluding hydrogens is 644 g/mol. The van der Waals surface area contributed by atoms with Crippen molar-refractivity contribution in [2.45, 2.75) is 102 Å². The smallest absolute Gasteiger partial charge is 0.331 e. The lowest BCUT2D eigenvalue weighted by molar-refractivity contribution is -0.195. The van der Waals surface area contributed by atoms with Crippen molar-refractivity contribution in [3.63, 3.8) is 0 Å². The Morgan fingerprint density at radius 2 is 1.49 bits per heavy atom. The largest absolute Gasteiger partial charge is 0.458 e. The minimum Gasteiger partial charge on any atom is -0.458 e. The van der Waals surface area contributed by atoms with Crippen LogP contribution in [0.3, 0.4) is 0 Å². The first kappa shape index (κ1) is 40.0. The summed E-state index contributed by atoms with van der Waals surface area (Å²) in [5.74, 6) is -5.74. The summed E-state index contributed by atoms with van der Waals surface area (Å²) in [5, 5.41) is 26.3. The van der Waals surface area contributed by atoms with E-state index < -0.39 is 96.5 Å². The van der Waals surface area contributed by atoms with Crippen molar-refractivity contribution in [3.05, 3.63) is 0 Å². The van der Waals surface area contributed by atoms with E-state index in [2.05, 4.69) is 16.2 Å². The SMILES string of the molecule is COC[C@H]1C(=O)N(C)[C@H](C)C(=O)N2NCCC[C@H]2C(=O)N[C@H]([C@H](C)O)C(=O)O[C@@H](C(C)C)[C@H](N)C(=O)N2NCCC[C@@H]2C(=O)N1O.Cl. The molecule has 0 bridgehead atoms. The van der Waals surface area contributed by atoms with Gasteiger partial charge in [0.25, 0.3) is 23.6 Å². The van der Waals surface area contributed by atoms with Crippen molar-refractivity contribution in [1.82, 2.24) is 36.1 Å². The van der Waals surface area contributed by atoms with Gasteiger partial charge in [-0.2, -0.15) is 0 Å². The Morgan fingerprint density at radius 3 is 2.02 bits per heavy atom. The van der Waals surface area contributed by atoms with Gasteiger partial charge in [0.2, 0.25) is 5.91 Å². The number of nitrogens with one attached hydrogen (secondary N) is 3. The average Bonchev–Trinajstić information content (AvgIpc) is 3.04. The molecule has 3 aliphatic rings. The van der Waals surface area contributed by atoms with Crippen LogP contribution >= 0.6 is 12.4 Å². The summed E-state index contributed by atoms with van der Waals surface area (Å²) < 4.78 is 10.8. The molecule has 0 saturated carbocycles. The minimum atomic E-state index is -1.60. The molecule has 0 aliphatic carbocycles. The van der Waals surface area contributed by atoms with E-state index in [0.717, 1.165) is 14.9 Å². The number of nitrogens with zero attached hydrogens (tertiary/aromatic N) is 4. The van der Waals surface area contributed by atoms with Crippen LogP contribution in [0.5, 0.6) is 0 Å². The Morgan fingerprint density at radius 1 is 0.936 bits per heavy atom. The summed E-state index contributed by atoms with van der Waals surface area (Å²) in [6.07, 6.45) is -1.49. The van der Waals surface area contributed by atoms with Crippen molar-refractivity contribution in [1.29, 1.82) is 0 Å². The van der Waals surface area contributed by atoms with E-state index in [4.69, 9.17) is 15.2 Å². The number of carbonyl (C=O) groups is 6. The van der Waals surface area contributed by atoms with Crippen LogP contribution in [0, 0.1) is 5.92 Å². The zero-order valence-electron chi connectivity index (χ0n) is 27.6. The normalized spacial score (nSPS) is 31.6. The lowest BCUT2D eigenvalue weighted by atomic mass is 9.97. The first-order valence-corrected chi connectivity index (χ1v) is 15.5. The molecule has 0 unspecified atom stereocenters. The van der Waals surface area contributed by atoms with Gasteiger partial charge >= 0.3 is 5.97 Å². The second-order valence-electron chi connectivity index (χ2n) is 12.2. The molecule has 0 aromatic rings. The van der Waals surface area contributed by atoms with Crippen LogP contribution < -0.4 is 21.9 Å². The van der Waals surface area contributed by atoms with Crippen molar-refractivity contribution in [2.75, 3.05) is 33.9 Å². The van der Waals surface area contributed by atoms with E-state index in [1.54, 1.807) is 13.8 Å². The molecule has 3 aliphatic heterocycles. The highest BCUT2D eigenvalue weighted by Crippen LogP contribution is 2.21. The summed E-state index contributed by atoms with van der Waals surface area (Å²) >= 11 is 0. The number of methoxy groups -OCH3 is 1. The number of hydrazine groups is 2. The lowest BCUT2D eigenvalue weighted by Gasteiger charge is -2.40. The summed E-state index contributed by atoms with van der Waals surface area (Å²) in [4.78, 5) is 82.8. The predicted molar refractivity (Wildman–Crippen MR) is 166 cm³/mol. The summed E-state index contributed by atoms with van der Waals surface area (Å²) in [6.45, 7) is 6.15. The summed E-state index contributed by atoms with van der Waals surface area (Å²) in [7, 11) is 2.57. The lowest BCUT2D eigenvalue weighted by Crippen LogP contribution is -2.66. The summed E-state index contributed by atoms with van der Waals surface area (Å²) in [5.41, 5.74) is 12.0. The quantitative estimate of drug-likeness (QED) is 0.130. The third-order valence-electron chi connectivity index (χ3n) is 8.56. The van der Waals surface area contributed by atoms with Crippen LogP contribution in [0.1, 0.15) is 53.4 Å². The Labute approximate surface area is 279 Å². The molecule has 0 radical (unpaired) electrons. The van der Waals surface area contributed by atoms with Crippen LogP contribution in [-0.2, 0) is 38.2 Å². The van der Waals surface area contributed by atoms with Crippen molar-refractivity contribution >= 4 is 47.9 Å². The Bertz CT molecular complexity index is 1160. The topological polar surface area (TPSA) is 236 Å². The highest BCUT2D eigenvalue weighted by molar-refractivity contribution is 5.96. The van der Waals surface area contributed by atoms with Crippen LogP contribution in [0.15, 0.2) is 0 Å². The third kappa shape index (κ3) is 8.87. The van der Waals surface area contributed by atoms with E-state index in [1.807, 2.05) is 0 Å². The number of cyclic esters (lactones) is 1. The number of hydrogen-bond acceptors (Lipinski definition) is 13. The number of aliphatic hydroxyl groups excluding tert-OH is 1. The number of likely N-dealkylation sites (N-methyl/N-ethyl adjacent to an activating group) is 1. The molecule has 8 atom stereocenters. The number of ether oxygens (including phenoxy) is 2. The van der Waals surface area contributed by atoms with Crippen LogP contribution in [-0.4, -0.2) is 148 Å². The number of carbonyl (C=O) groups excluding carboxylic acids is 6. The second kappa shape index (κ2) is 17.3. The predicted octanol–water partition coefficient (Wildman–Crippen LogP) is -2.75. The van der Waals surface area contributed by atoms with Gasteiger partial charge in [0, 0.05) is 27.2 Å². The van der Waals surface area contributed by atoms with Gasteiger partial charge in [0.05, 0.1) is 12.7 Å². The molecule has 3 fully saturated rings. The molecule has 18 nitrogen and oxygen atoms in total. The van der Waals surface area contributed by atoms with E-state index in [0.29, 0.717) is 19.4 Å². The Hall–Kier alpha value is -3.13. The number of amides is 5. The van der Waals surface area contributed by atoms with Gasteiger partial charge < -0.3 is 30.5 Å². The van der Waals surface area contributed by atoms with Gasteiger partial charge in [0.1, 0.15) is 30.3 Å². The van der Waals surface area contributed by atoms with E-state index in [1.165, 1.54) is 28.0 Å². The van der Waals surface area contributed by atoms with Gasteiger partial charge in [0.15, 0.2) is 12.1 Å². The number of fused-ring (bicyclic) bond motifs is 2. The zero-order valence-corrected chi connectivity index (χ0v) is 28.4. The van der Waals surface area contributed by atoms with Gasteiger partial charge in [-0.1, -0.05) is 13.8 Å². The first-order valence-electron chi connectivity index (χ1n) is 15.5. The molecule has 7 N–H and O–H groups in total. The van der Waals surface area contributed by atoms with Crippen LogP contribution in [0.4, 0.5) is 0 Å². The molecular formula is C28H49ClN8O10. The molecule has 268 valence electrons. The maximum absolute atomic E-state index is 13.7. The molecule has 0 spiro atoms. The zero-order chi connectivity index (χ0) is 34.5. The van der Waals surface area contributed by atoms with Crippen molar-refractivity contribution in [2.24, 2.45) is 11.7 Å². The maximum atomic E-state index is 13.7. The Kier molecular flexibility index (Phi) is 14.8. The molecule has 19 heteroatoms. The standard InChI is InChI=1S/C28H48N8O10.ClH/c1-14(2)22-20(29)27(42)35-18(10-8-12-31-35)26(41)36(44)19(13-45-6)25(40)33(5)15(3)24(39)34-17(9-7-11-30-34)23(38)32-21(16(4)37)28(43)46-22;/h14-22,30-31,37,44H,7-13,29H2,1-6H3,(H,32,38);1H/t15-,16+,17+,18-,19+,20+,21-,22+;/m1./s1. The highest BCUT2D eigenvalue weighted by atomic mass is 35.5. The molecule has 0 aromatic carbocycles. The number of nitrogens with two attached hydrogens (primary N) is 1. The monoisotopic (exact) mass is 692 g/mol. The van der Waals surface area contributed by atoms with Crippen molar-refractivity contribution in [3.8, 4) is 0 Å². The summed E-state index contributed by atoms with van der Waals surface area (Å²) in [6, 6.07) is -8.34. The number of hydrogen-bond donors (Lipinski definition) is 6. The average molecular weight is 693 g/mol. The number of halogens is 1. The number of aliphatic hydroxyl groups is 1. The minimum absolute atomic E-state index is 0. The molecule has 0 aromatic heterocycles. The van der Waals surface area contributed by atoms with Gasteiger partial charge in [-0.15, -0.1) is 12.4 Å². The molecule has 3 rings (SSSR count). The Balaban J connectivity index is 0.00000768. The van der Waals surface area contributed by atoms with Crippen molar-refractivity contribution < 1.29 is 48.6 Å².